The maximum atomic E-state index is 10.7. The van der Waals surface area contributed by atoms with Gasteiger partial charge in [-0.2, -0.15) is 0 Å². The smallest absolute Gasteiger partial charge is 0.250 e. The summed E-state index contributed by atoms with van der Waals surface area (Å²) in [5.41, 5.74) is 6.42. The molecule has 1 aromatic rings. The van der Waals surface area contributed by atoms with Crippen LogP contribution in [-0.4, -0.2) is 5.91 Å². The zero-order chi connectivity index (χ0) is 8.43. The molecule has 0 saturated heterocycles. The van der Waals surface area contributed by atoms with E-state index in [2.05, 4.69) is 0 Å². The number of hydrogen-bond acceptors (Lipinski definition) is 1. The molecule has 2 N–H and O–H groups in total. The minimum Gasteiger partial charge on any atom is -0.366 e. The van der Waals surface area contributed by atoms with Crippen LogP contribution in [0.4, 0.5) is 0 Å². The highest BCUT2D eigenvalue weighted by Crippen LogP contribution is 2.16. The van der Waals surface area contributed by atoms with Crippen LogP contribution in [-0.2, 0) is 0 Å². The average molecular weight is 170 g/mol. The zero-order valence-electron chi connectivity index (χ0n) is 6.10. The van der Waals surface area contributed by atoms with E-state index < -0.39 is 5.91 Å². The van der Waals surface area contributed by atoms with E-state index in [0.717, 1.165) is 5.56 Å². The van der Waals surface area contributed by atoms with E-state index in [1.807, 2.05) is 13.0 Å². The first-order valence-corrected chi connectivity index (χ1v) is 3.55. The fraction of sp³-hybridized carbons (Fsp3) is 0.125. The highest BCUT2D eigenvalue weighted by atomic mass is 35.5. The lowest BCUT2D eigenvalue weighted by atomic mass is 10.1. The van der Waals surface area contributed by atoms with E-state index in [1.54, 1.807) is 12.1 Å². The van der Waals surface area contributed by atoms with Gasteiger partial charge in [0.2, 0.25) is 5.91 Å². The van der Waals surface area contributed by atoms with Gasteiger partial charge in [0.15, 0.2) is 0 Å². The Morgan fingerprint density at radius 3 is 2.64 bits per heavy atom. The van der Waals surface area contributed by atoms with Crippen molar-refractivity contribution in [3.05, 3.63) is 34.3 Å². The van der Waals surface area contributed by atoms with Crippen LogP contribution in [0.3, 0.4) is 0 Å². The molecule has 0 heterocycles. The predicted molar refractivity (Wildman–Crippen MR) is 44.7 cm³/mol. The Morgan fingerprint density at radius 2 is 2.18 bits per heavy atom. The molecule has 1 amide bonds. The summed E-state index contributed by atoms with van der Waals surface area (Å²) in [6.45, 7) is 1.88. The molecule has 1 aromatic carbocycles. The Bertz CT molecular complexity index is 296. The predicted octanol–water partition coefficient (Wildman–Crippen LogP) is 1.75. The number of primary amides is 1. The molecule has 0 aromatic heterocycles. The standard InChI is InChI=1S/C8H8ClNO/c1-5-2-3-7(9)6(4-5)8(10)11/h2-4H,1H3,(H2,10,11). The summed E-state index contributed by atoms with van der Waals surface area (Å²) in [6, 6.07) is 5.16. The summed E-state index contributed by atoms with van der Waals surface area (Å²) in [7, 11) is 0. The Morgan fingerprint density at radius 1 is 1.55 bits per heavy atom. The molecule has 0 bridgehead atoms. The number of carbonyl (C=O) groups is 1. The maximum absolute atomic E-state index is 10.7. The van der Waals surface area contributed by atoms with Gasteiger partial charge in [-0.3, -0.25) is 4.79 Å². The van der Waals surface area contributed by atoms with Crippen molar-refractivity contribution in [3.63, 3.8) is 0 Å². The van der Waals surface area contributed by atoms with Gasteiger partial charge in [0.05, 0.1) is 10.6 Å². The van der Waals surface area contributed by atoms with Gasteiger partial charge < -0.3 is 5.73 Å². The van der Waals surface area contributed by atoms with Crippen LogP contribution in [0, 0.1) is 6.92 Å². The molecule has 1 rings (SSSR count). The molecule has 0 aliphatic heterocycles. The number of halogens is 1. The first-order valence-electron chi connectivity index (χ1n) is 3.17. The molecule has 0 saturated carbocycles. The second kappa shape index (κ2) is 2.93. The number of hydrogen-bond donors (Lipinski definition) is 1. The SMILES string of the molecule is Cc1ccc(Cl)c(C(N)=O)c1. The molecule has 0 unspecified atom stereocenters. The highest BCUT2D eigenvalue weighted by Gasteiger charge is 2.04. The third-order valence-corrected chi connectivity index (χ3v) is 1.72. The Hall–Kier alpha value is -1.02. The van der Waals surface area contributed by atoms with Crippen LogP contribution >= 0.6 is 11.6 Å². The number of nitrogens with two attached hydrogens (primary N) is 1. The van der Waals surface area contributed by atoms with Gasteiger partial charge in [0.1, 0.15) is 0 Å². The summed E-state index contributed by atoms with van der Waals surface area (Å²) < 4.78 is 0. The number of benzene rings is 1. The van der Waals surface area contributed by atoms with Crippen molar-refractivity contribution in [2.45, 2.75) is 6.92 Å². The maximum Gasteiger partial charge on any atom is 0.250 e. The zero-order valence-corrected chi connectivity index (χ0v) is 6.85. The van der Waals surface area contributed by atoms with Gasteiger partial charge >= 0.3 is 0 Å². The number of aryl methyl sites for hydroxylation is 1. The largest absolute Gasteiger partial charge is 0.366 e. The van der Waals surface area contributed by atoms with Crippen molar-refractivity contribution in [2.75, 3.05) is 0 Å². The molecule has 0 spiro atoms. The van der Waals surface area contributed by atoms with Gasteiger partial charge in [-0.1, -0.05) is 23.2 Å². The lowest BCUT2D eigenvalue weighted by Crippen LogP contribution is -2.11. The molecular formula is C8H8ClNO. The number of rotatable bonds is 1. The second-order valence-electron chi connectivity index (χ2n) is 2.35. The van der Waals surface area contributed by atoms with Gasteiger partial charge in [-0.25, -0.2) is 0 Å². The second-order valence-corrected chi connectivity index (χ2v) is 2.75. The fourth-order valence-electron chi connectivity index (χ4n) is 0.828. The van der Waals surface area contributed by atoms with Gasteiger partial charge in [0.25, 0.3) is 0 Å². The molecule has 11 heavy (non-hydrogen) atoms. The van der Waals surface area contributed by atoms with Crippen molar-refractivity contribution in [1.29, 1.82) is 0 Å². The van der Waals surface area contributed by atoms with E-state index >= 15 is 0 Å². The molecule has 0 aliphatic carbocycles. The van der Waals surface area contributed by atoms with Crippen LogP contribution in [0.2, 0.25) is 5.02 Å². The van der Waals surface area contributed by atoms with Crippen LogP contribution in [0.15, 0.2) is 18.2 Å². The summed E-state index contributed by atoms with van der Waals surface area (Å²) in [4.78, 5) is 10.7. The monoisotopic (exact) mass is 169 g/mol. The first-order chi connectivity index (χ1) is 5.11. The van der Waals surface area contributed by atoms with Crippen molar-refractivity contribution in [1.82, 2.24) is 0 Å². The fourth-order valence-corrected chi connectivity index (χ4v) is 1.04. The van der Waals surface area contributed by atoms with E-state index in [-0.39, 0.29) is 0 Å². The molecule has 3 heteroatoms. The van der Waals surface area contributed by atoms with Gasteiger partial charge in [-0.05, 0) is 19.1 Å². The lowest BCUT2D eigenvalue weighted by Gasteiger charge is -1.99. The molecule has 0 atom stereocenters. The molecule has 0 radical (unpaired) electrons. The Balaban J connectivity index is 3.23. The summed E-state index contributed by atoms with van der Waals surface area (Å²) >= 11 is 5.69. The summed E-state index contributed by atoms with van der Waals surface area (Å²) in [6.07, 6.45) is 0. The average Bonchev–Trinajstić information content (AvgIpc) is 1.94. The van der Waals surface area contributed by atoms with E-state index in [0.29, 0.717) is 10.6 Å². The van der Waals surface area contributed by atoms with Crippen molar-refractivity contribution < 1.29 is 4.79 Å². The van der Waals surface area contributed by atoms with Crippen molar-refractivity contribution in [2.24, 2.45) is 5.73 Å². The van der Waals surface area contributed by atoms with Gasteiger partial charge in [-0.15, -0.1) is 0 Å². The normalized spacial score (nSPS) is 9.64. The van der Waals surface area contributed by atoms with Crippen LogP contribution in [0.1, 0.15) is 15.9 Å². The topological polar surface area (TPSA) is 43.1 Å². The quantitative estimate of drug-likeness (QED) is 0.684. The van der Waals surface area contributed by atoms with Crippen LogP contribution in [0.25, 0.3) is 0 Å². The molecular weight excluding hydrogens is 162 g/mol. The van der Waals surface area contributed by atoms with Gasteiger partial charge in [0, 0.05) is 0 Å². The number of amides is 1. The minimum absolute atomic E-state index is 0.381. The Labute approximate surface area is 70.0 Å². The van der Waals surface area contributed by atoms with Crippen LogP contribution in [0.5, 0.6) is 0 Å². The van der Waals surface area contributed by atoms with Crippen molar-refractivity contribution >= 4 is 17.5 Å². The van der Waals surface area contributed by atoms with E-state index in [1.165, 1.54) is 0 Å². The molecule has 2 nitrogen and oxygen atoms in total. The molecule has 0 fully saturated rings. The summed E-state index contributed by atoms with van der Waals surface area (Å²) in [5, 5.41) is 0.406. The first kappa shape index (κ1) is 8.08. The van der Waals surface area contributed by atoms with Crippen LogP contribution < -0.4 is 5.73 Å². The third-order valence-electron chi connectivity index (χ3n) is 1.39. The van der Waals surface area contributed by atoms with E-state index in [4.69, 9.17) is 17.3 Å². The highest BCUT2D eigenvalue weighted by molar-refractivity contribution is 6.33. The van der Waals surface area contributed by atoms with E-state index in [9.17, 15) is 4.79 Å². The molecule has 58 valence electrons. The number of carbonyl (C=O) groups excluding carboxylic acids is 1. The minimum atomic E-state index is -0.487. The lowest BCUT2D eigenvalue weighted by molar-refractivity contribution is 0.100. The third kappa shape index (κ3) is 1.71. The summed E-state index contributed by atoms with van der Waals surface area (Å²) in [5.74, 6) is -0.487. The molecule has 0 aliphatic rings. The Kier molecular flexibility index (Phi) is 2.15. The van der Waals surface area contributed by atoms with Crippen molar-refractivity contribution in [3.8, 4) is 0 Å².